The topological polar surface area (TPSA) is 53.5 Å². The Hall–Kier alpha value is -0.770. The zero-order chi connectivity index (χ0) is 18.7. The van der Waals surface area contributed by atoms with Crippen molar-refractivity contribution in [2.75, 3.05) is 32.7 Å². The second-order valence-corrected chi connectivity index (χ2v) is 9.22. The van der Waals surface area contributed by atoms with Crippen molar-refractivity contribution >= 4 is 50.0 Å². The summed E-state index contributed by atoms with van der Waals surface area (Å²) in [4.78, 5) is 6.25. The quantitative estimate of drug-likeness (QED) is 0.591. The van der Waals surface area contributed by atoms with E-state index in [4.69, 9.17) is 11.6 Å². The lowest BCUT2D eigenvalue weighted by molar-refractivity contribution is 0.190. The average molecular weight is 499 g/mol. The largest absolute Gasteiger partial charge is 0.300 e. The van der Waals surface area contributed by atoms with E-state index in [0.29, 0.717) is 30.7 Å². The molecule has 0 bridgehead atoms. The minimum absolute atomic E-state index is 0. The predicted molar refractivity (Wildman–Crippen MR) is 109 cm³/mol. The van der Waals surface area contributed by atoms with Gasteiger partial charge >= 0.3 is 0 Å². The predicted octanol–water partition coefficient (Wildman–Crippen LogP) is 3.61. The van der Waals surface area contributed by atoms with E-state index >= 15 is 0 Å². The van der Waals surface area contributed by atoms with Gasteiger partial charge in [-0.25, -0.2) is 17.8 Å². The first kappa shape index (κ1) is 22.5. The lowest BCUT2D eigenvalue weighted by Crippen LogP contribution is -2.49. The molecule has 2 aromatic rings. The number of benzene rings is 1. The molecule has 0 amide bonds. The van der Waals surface area contributed by atoms with Crippen LogP contribution in [-0.4, -0.2) is 55.3 Å². The Morgan fingerprint density at radius 3 is 2.37 bits per heavy atom. The molecule has 10 heteroatoms. The van der Waals surface area contributed by atoms with Gasteiger partial charge < -0.3 is 4.90 Å². The first-order chi connectivity index (χ1) is 12.4. The van der Waals surface area contributed by atoms with Crippen LogP contribution in [0.5, 0.6) is 0 Å². The molecule has 1 aliphatic heterocycles. The van der Waals surface area contributed by atoms with E-state index in [2.05, 4.69) is 25.8 Å². The maximum absolute atomic E-state index is 12.9. The highest BCUT2D eigenvalue weighted by atomic mass is 79.9. The maximum Gasteiger partial charge on any atom is 0.244 e. The summed E-state index contributed by atoms with van der Waals surface area (Å²) >= 11 is 9.05. The van der Waals surface area contributed by atoms with Crippen molar-refractivity contribution in [3.05, 3.63) is 57.5 Å². The number of rotatable bonds is 5. The summed E-state index contributed by atoms with van der Waals surface area (Å²) in [7, 11) is -3.58. The third-order valence-corrected chi connectivity index (χ3v) is 7.37. The van der Waals surface area contributed by atoms with Crippen molar-refractivity contribution < 1.29 is 12.8 Å². The highest BCUT2D eigenvalue weighted by Gasteiger charge is 2.29. The van der Waals surface area contributed by atoms with Gasteiger partial charge in [0.2, 0.25) is 10.0 Å². The Labute approximate surface area is 178 Å². The van der Waals surface area contributed by atoms with E-state index in [1.54, 1.807) is 12.1 Å². The molecule has 1 saturated heterocycles. The van der Waals surface area contributed by atoms with Gasteiger partial charge in [-0.15, -0.1) is 12.4 Å². The van der Waals surface area contributed by atoms with E-state index in [-0.39, 0.29) is 28.3 Å². The Bertz CT molecular complexity index is 876. The van der Waals surface area contributed by atoms with Crippen LogP contribution in [0.1, 0.15) is 5.56 Å². The molecule has 148 valence electrons. The number of pyridine rings is 1. The molecule has 0 spiro atoms. The van der Waals surface area contributed by atoms with Crippen LogP contribution in [-0.2, 0) is 16.4 Å². The molecule has 0 N–H and O–H groups in total. The highest BCUT2D eigenvalue weighted by Crippen LogP contribution is 2.25. The fraction of sp³-hybridized carbons (Fsp3) is 0.353. The number of sulfonamides is 1. The lowest BCUT2D eigenvalue weighted by Gasteiger charge is -2.34. The zero-order valence-corrected chi connectivity index (χ0v) is 18.3. The highest BCUT2D eigenvalue weighted by molar-refractivity contribution is 9.10. The van der Waals surface area contributed by atoms with E-state index < -0.39 is 10.0 Å². The van der Waals surface area contributed by atoms with E-state index in [1.807, 2.05) is 0 Å². The fourth-order valence-electron chi connectivity index (χ4n) is 2.83. The van der Waals surface area contributed by atoms with Crippen LogP contribution >= 0.6 is 39.9 Å². The van der Waals surface area contributed by atoms with Crippen LogP contribution in [0.15, 0.2) is 45.9 Å². The maximum atomic E-state index is 12.9. The second-order valence-electron chi connectivity index (χ2n) is 6.07. The van der Waals surface area contributed by atoms with Gasteiger partial charge in [-0.05, 0) is 46.1 Å². The minimum Gasteiger partial charge on any atom is -0.300 e. The SMILES string of the molecule is Cl.O=S(=O)(c1cnc(Cl)c(Br)c1)N1CCN(CCc2ccc(F)cc2)CC1. The number of hydrogen-bond acceptors (Lipinski definition) is 4. The summed E-state index contributed by atoms with van der Waals surface area (Å²) in [6.07, 6.45) is 2.09. The number of piperazine rings is 1. The molecule has 0 unspecified atom stereocenters. The van der Waals surface area contributed by atoms with Crippen molar-refractivity contribution in [1.82, 2.24) is 14.2 Å². The summed E-state index contributed by atoms with van der Waals surface area (Å²) in [5.74, 6) is -0.240. The van der Waals surface area contributed by atoms with Gasteiger partial charge in [0.1, 0.15) is 15.9 Å². The molecule has 0 saturated carbocycles. The zero-order valence-electron chi connectivity index (χ0n) is 14.3. The molecule has 1 aromatic carbocycles. The lowest BCUT2D eigenvalue weighted by atomic mass is 10.1. The van der Waals surface area contributed by atoms with Crippen molar-refractivity contribution in [2.45, 2.75) is 11.3 Å². The third kappa shape index (κ3) is 5.62. The first-order valence-electron chi connectivity index (χ1n) is 8.14. The third-order valence-electron chi connectivity index (χ3n) is 4.37. The molecule has 0 aliphatic carbocycles. The minimum atomic E-state index is -3.58. The van der Waals surface area contributed by atoms with Crippen LogP contribution in [0.25, 0.3) is 0 Å². The van der Waals surface area contributed by atoms with Crippen molar-refractivity contribution in [1.29, 1.82) is 0 Å². The molecule has 1 fully saturated rings. The van der Waals surface area contributed by atoms with Crippen LogP contribution in [0.2, 0.25) is 5.15 Å². The smallest absolute Gasteiger partial charge is 0.244 e. The van der Waals surface area contributed by atoms with Gasteiger partial charge in [-0.1, -0.05) is 23.7 Å². The number of aromatic nitrogens is 1. The average Bonchev–Trinajstić information content (AvgIpc) is 2.64. The molecule has 1 aromatic heterocycles. The van der Waals surface area contributed by atoms with Gasteiger partial charge in [0.05, 0.1) is 4.47 Å². The normalized spacial score (nSPS) is 16.1. The van der Waals surface area contributed by atoms with Crippen molar-refractivity contribution in [2.24, 2.45) is 0 Å². The molecule has 1 aliphatic rings. The van der Waals surface area contributed by atoms with Gasteiger partial charge in [-0.3, -0.25) is 0 Å². The molecule has 27 heavy (non-hydrogen) atoms. The summed E-state index contributed by atoms with van der Waals surface area (Å²) in [5, 5.41) is 0.231. The van der Waals surface area contributed by atoms with Crippen molar-refractivity contribution in [3.63, 3.8) is 0 Å². The Kier molecular flexibility index (Phi) is 8.03. The molecular formula is C17H19BrCl2FN3O2S. The Morgan fingerprint density at radius 2 is 1.78 bits per heavy atom. The second kappa shape index (κ2) is 9.62. The molecule has 0 atom stereocenters. The summed E-state index contributed by atoms with van der Waals surface area (Å²) < 4.78 is 40.3. The molecule has 2 heterocycles. The fourth-order valence-corrected chi connectivity index (χ4v) is 4.82. The Morgan fingerprint density at radius 1 is 1.15 bits per heavy atom. The van der Waals surface area contributed by atoms with Crippen LogP contribution in [0, 0.1) is 5.82 Å². The molecule has 5 nitrogen and oxygen atoms in total. The molecule has 0 radical (unpaired) electrons. The van der Waals surface area contributed by atoms with Gasteiger partial charge in [-0.2, -0.15) is 4.31 Å². The van der Waals surface area contributed by atoms with Crippen LogP contribution in [0.4, 0.5) is 4.39 Å². The van der Waals surface area contributed by atoms with Gasteiger partial charge in [0, 0.05) is 38.9 Å². The summed E-state index contributed by atoms with van der Waals surface area (Å²) in [6.45, 7) is 2.97. The Balaban J connectivity index is 0.00000261. The van der Waals surface area contributed by atoms with Gasteiger partial charge in [0.15, 0.2) is 0 Å². The molecular weight excluding hydrogens is 480 g/mol. The van der Waals surface area contributed by atoms with E-state index in [9.17, 15) is 12.8 Å². The van der Waals surface area contributed by atoms with Crippen LogP contribution in [0.3, 0.4) is 0 Å². The monoisotopic (exact) mass is 497 g/mol. The van der Waals surface area contributed by atoms with Crippen LogP contribution < -0.4 is 0 Å². The molecule has 3 rings (SSSR count). The number of hydrogen-bond donors (Lipinski definition) is 0. The summed E-state index contributed by atoms with van der Waals surface area (Å²) in [5.41, 5.74) is 1.07. The summed E-state index contributed by atoms with van der Waals surface area (Å²) in [6, 6.07) is 7.95. The number of nitrogens with zero attached hydrogens (tertiary/aromatic N) is 3. The van der Waals surface area contributed by atoms with Gasteiger partial charge in [0.25, 0.3) is 0 Å². The standard InChI is InChI=1S/C17H18BrClFN3O2S.ClH/c18-16-11-15(12-21-17(16)19)26(24,25)23-9-7-22(8-10-23)6-5-13-1-3-14(20)4-2-13;/h1-4,11-12H,5-10H2;1H. The number of halogens is 4. The first-order valence-corrected chi connectivity index (χ1v) is 10.8. The van der Waals surface area contributed by atoms with Crippen molar-refractivity contribution in [3.8, 4) is 0 Å². The van der Waals surface area contributed by atoms with E-state index in [1.165, 1.54) is 28.7 Å². The van der Waals surface area contributed by atoms with E-state index in [0.717, 1.165) is 18.5 Å².